The van der Waals surface area contributed by atoms with Gasteiger partial charge in [0.05, 0.1) is 6.54 Å². The van der Waals surface area contributed by atoms with Gasteiger partial charge in [-0.15, -0.1) is 10.2 Å². The van der Waals surface area contributed by atoms with E-state index in [9.17, 15) is 0 Å². The lowest BCUT2D eigenvalue weighted by atomic mass is 9.96. The van der Waals surface area contributed by atoms with E-state index in [-0.39, 0.29) is 0 Å². The van der Waals surface area contributed by atoms with Gasteiger partial charge in [0.25, 0.3) is 0 Å². The van der Waals surface area contributed by atoms with Crippen molar-refractivity contribution >= 4 is 5.69 Å². The molecule has 1 aromatic carbocycles. The quantitative estimate of drug-likeness (QED) is 0.837. The summed E-state index contributed by atoms with van der Waals surface area (Å²) in [5.74, 6) is 3.01. The highest BCUT2D eigenvalue weighted by atomic mass is 16.4. The molecule has 5 nitrogen and oxygen atoms in total. The molecule has 1 saturated carbocycles. The molecule has 0 spiro atoms. The first kappa shape index (κ1) is 15.4. The molecule has 0 amide bonds. The number of hydrogen-bond acceptors (Lipinski definition) is 5. The molecule has 1 aromatic heterocycles. The highest BCUT2D eigenvalue weighted by molar-refractivity contribution is 5.57. The molecule has 5 rings (SSSR count). The summed E-state index contributed by atoms with van der Waals surface area (Å²) >= 11 is 0. The molecule has 0 atom stereocenters. The van der Waals surface area contributed by atoms with E-state index in [2.05, 4.69) is 44.3 Å². The fourth-order valence-electron chi connectivity index (χ4n) is 4.25. The second-order valence-corrected chi connectivity index (χ2v) is 7.85. The van der Waals surface area contributed by atoms with Gasteiger partial charge in [-0.2, -0.15) is 0 Å². The van der Waals surface area contributed by atoms with E-state index < -0.39 is 0 Å². The molecule has 0 unspecified atom stereocenters. The van der Waals surface area contributed by atoms with Crippen LogP contribution in [0, 0.1) is 5.92 Å². The van der Waals surface area contributed by atoms with Crippen molar-refractivity contribution in [2.75, 3.05) is 31.1 Å². The number of likely N-dealkylation sites (tertiary alicyclic amines) is 1. The number of para-hydroxylation sites is 1. The minimum atomic E-state index is 0.551. The minimum Gasteiger partial charge on any atom is -0.424 e. The second-order valence-electron chi connectivity index (χ2n) is 7.85. The van der Waals surface area contributed by atoms with Gasteiger partial charge >= 0.3 is 0 Å². The summed E-state index contributed by atoms with van der Waals surface area (Å²) in [4.78, 5) is 5.06. The lowest BCUT2D eigenvalue weighted by Gasteiger charge is -2.33. The van der Waals surface area contributed by atoms with Crippen LogP contribution in [0.5, 0.6) is 0 Å². The van der Waals surface area contributed by atoms with E-state index in [1.54, 1.807) is 0 Å². The van der Waals surface area contributed by atoms with Crippen LogP contribution < -0.4 is 4.90 Å². The molecule has 3 aliphatic rings. The summed E-state index contributed by atoms with van der Waals surface area (Å²) in [5.41, 5.74) is 2.98. The van der Waals surface area contributed by atoms with E-state index in [4.69, 9.17) is 4.42 Å². The molecule has 0 bridgehead atoms. The maximum atomic E-state index is 5.81. The minimum absolute atomic E-state index is 0.551. The topological polar surface area (TPSA) is 45.4 Å². The van der Waals surface area contributed by atoms with E-state index >= 15 is 0 Å². The summed E-state index contributed by atoms with van der Waals surface area (Å²) in [7, 11) is 0. The average Bonchev–Trinajstić information content (AvgIpc) is 3.27. The van der Waals surface area contributed by atoms with Crippen molar-refractivity contribution in [3.8, 4) is 0 Å². The average molecular weight is 338 g/mol. The molecule has 1 saturated heterocycles. The van der Waals surface area contributed by atoms with Crippen LogP contribution in [0.3, 0.4) is 0 Å². The summed E-state index contributed by atoms with van der Waals surface area (Å²) in [6, 6.07) is 8.88. The van der Waals surface area contributed by atoms with Crippen LogP contribution in [0.25, 0.3) is 0 Å². The Hall–Kier alpha value is -1.88. The van der Waals surface area contributed by atoms with Gasteiger partial charge in [0, 0.05) is 24.7 Å². The maximum Gasteiger partial charge on any atom is 0.230 e. The van der Waals surface area contributed by atoms with E-state index in [1.165, 1.54) is 56.4 Å². The third-order valence-electron chi connectivity index (χ3n) is 5.94. The molecule has 5 heteroatoms. The Morgan fingerprint density at radius 1 is 1.00 bits per heavy atom. The Balaban J connectivity index is 1.12. The summed E-state index contributed by atoms with van der Waals surface area (Å²) < 4.78 is 5.81. The molecule has 3 heterocycles. The molecule has 132 valence electrons. The molecule has 2 aromatic rings. The van der Waals surface area contributed by atoms with Gasteiger partial charge in [0.15, 0.2) is 0 Å². The molecule has 0 N–H and O–H groups in total. The van der Waals surface area contributed by atoms with Crippen LogP contribution >= 0.6 is 0 Å². The normalized spacial score (nSPS) is 21.7. The van der Waals surface area contributed by atoms with Gasteiger partial charge in [-0.25, -0.2) is 0 Å². The molecule has 1 aliphatic carbocycles. The van der Waals surface area contributed by atoms with Crippen LogP contribution in [0.15, 0.2) is 28.7 Å². The lowest BCUT2D eigenvalue weighted by molar-refractivity contribution is 0.165. The molecule has 25 heavy (non-hydrogen) atoms. The fourth-order valence-corrected chi connectivity index (χ4v) is 4.25. The van der Waals surface area contributed by atoms with Crippen LogP contribution in [-0.4, -0.2) is 41.3 Å². The van der Waals surface area contributed by atoms with Gasteiger partial charge in [-0.1, -0.05) is 18.2 Å². The van der Waals surface area contributed by atoms with Crippen molar-refractivity contribution in [3.05, 3.63) is 41.6 Å². The SMILES string of the molecule is c1ccc2c(c1)CCN2CC1CCN(Cc2nnc(C3CC3)o2)CC1. The second kappa shape index (κ2) is 6.45. The summed E-state index contributed by atoms with van der Waals surface area (Å²) in [6.07, 6.45) is 6.17. The molecule has 2 aliphatic heterocycles. The van der Waals surface area contributed by atoms with Crippen molar-refractivity contribution in [1.82, 2.24) is 15.1 Å². The number of benzene rings is 1. The van der Waals surface area contributed by atoms with Crippen molar-refractivity contribution < 1.29 is 4.42 Å². The van der Waals surface area contributed by atoms with Crippen molar-refractivity contribution in [2.24, 2.45) is 5.92 Å². The van der Waals surface area contributed by atoms with E-state index in [0.717, 1.165) is 37.3 Å². The Morgan fingerprint density at radius 2 is 1.84 bits per heavy atom. The van der Waals surface area contributed by atoms with Crippen LogP contribution in [-0.2, 0) is 13.0 Å². The molecule has 2 fully saturated rings. The fraction of sp³-hybridized carbons (Fsp3) is 0.600. The molecular formula is C20H26N4O. The first-order chi connectivity index (χ1) is 12.3. The predicted molar refractivity (Wildman–Crippen MR) is 96.6 cm³/mol. The third kappa shape index (κ3) is 3.30. The zero-order valence-corrected chi connectivity index (χ0v) is 14.7. The Morgan fingerprint density at radius 3 is 2.68 bits per heavy atom. The summed E-state index contributed by atoms with van der Waals surface area (Å²) in [5, 5.41) is 8.43. The van der Waals surface area contributed by atoms with Crippen LogP contribution in [0.1, 0.15) is 48.9 Å². The van der Waals surface area contributed by atoms with E-state index in [0.29, 0.717) is 5.92 Å². The Kier molecular flexibility index (Phi) is 3.97. The highest BCUT2D eigenvalue weighted by Crippen LogP contribution is 2.39. The number of fused-ring (bicyclic) bond motifs is 1. The van der Waals surface area contributed by atoms with Crippen molar-refractivity contribution in [1.29, 1.82) is 0 Å². The van der Waals surface area contributed by atoms with Gasteiger partial charge in [-0.05, 0) is 62.7 Å². The van der Waals surface area contributed by atoms with Crippen molar-refractivity contribution in [2.45, 2.75) is 44.6 Å². The number of piperidine rings is 1. The van der Waals surface area contributed by atoms with Crippen LogP contribution in [0.2, 0.25) is 0 Å². The van der Waals surface area contributed by atoms with E-state index in [1.807, 2.05) is 0 Å². The molecular weight excluding hydrogens is 312 g/mol. The highest BCUT2D eigenvalue weighted by Gasteiger charge is 2.30. The van der Waals surface area contributed by atoms with Gasteiger partial charge in [-0.3, -0.25) is 4.90 Å². The van der Waals surface area contributed by atoms with Gasteiger partial charge in [0.1, 0.15) is 0 Å². The number of aromatic nitrogens is 2. The first-order valence-electron chi connectivity index (χ1n) is 9.72. The first-order valence-corrected chi connectivity index (χ1v) is 9.72. The third-order valence-corrected chi connectivity index (χ3v) is 5.94. The zero-order valence-electron chi connectivity index (χ0n) is 14.7. The largest absolute Gasteiger partial charge is 0.424 e. The Bertz CT molecular complexity index is 731. The lowest BCUT2D eigenvalue weighted by Crippen LogP contribution is -2.38. The standard InChI is InChI=1S/C20H26N4O/c1-2-4-18-16(3-1)9-12-24(18)13-15-7-10-23(11-8-15)14-19-21-22-20(25-19)17-5-6-17/h1-4,15,17H,5-14H2. The van der Waals surface area contributed by atoms with Gasteiger partial charge < -0.3 is 9.32 Å². The molecule has 0 radical (unpaired) electrons. The maximum absolute atomic E-state index is 5.81. The predicted octanol–water partition coefficient (Wildman–Crippen LogP) is 3.22. The monoisotopic (exact) mass is 338 g/mol. The van der Waals surface area contributed by atoms with Gasteiger partial charge in [0.2, 0.25) is 11.8 Å². The number of anilines is 1. The number of rotatable bonds is 5. The smallest absolute Gasteiger partial charge is 0.230 e. The zero-order chi connectivity index (χ0) is 16.6. The summed E-state index contributed by atoms with van der Waals surface area (Å²) in [6.45, 7) is 5.49. The number of nitrogens with zero attached hydrogens (tertiary/aromatic N) is 4. The Labute approximate surface area is 149 Å². The van der Waals surface area contributed by atoms with Crippen molar-refractivity contribution in [3.63, 3.8) is 0 Å². The van der Waals surface area contributed by atoms with Crippen LogP contribution in [0.4, 0.5) is 5.69 Å². The number of hydrogen-bond donors (Lipinski definition) is 0.